The summed E-state index contributed by atoms with van der Waals surface area (Å²) in [5, 5.41) is 6.36. The molecule has 0 saturated heterocycles. The Kier molecular flexibility index (Phi) is 5.11. The monoisotopic (exact) mass is 339 g/mol. The van der Waals surface area contributed by atoms with Crippen molar-refractivity contribution in [2.75, 3.05) is 11.9 Å². The Bertz CT molecular complexity index is 842. The van der Waals surface area contributed by atoms with Crippen LogP contribution in [0.2, 0.25) is 0 Å². The summed E-state index contributed by atoms with van der Waals surface area (Å²) in [5.74, 6) is 0. The number of carbonyl (C=O) groups excluding carboxylic acids is 1. The van der Waals surface area contributed by atoms with E-state index in [0.29, 0.717) is 11.7 Å². The average Bonchev–Trinajstić information content (AvgIpc) is 2.95. The molecule has 0 radical (unpaired) electrons. The number of thiazole rings is 1. The second-order valence-corrected chi connectivity index (χ2v) is 6.92. The van der Waals surface area contributed by atoms with Crippen LogP contribution in [0.3, 0.4) is 0 Å². The molecule has 1 aromatic heterocycles. The van der Waals surface area contributed by atoms with Gasteiger partial charge in [-0.1, -0.05) is 47.7 Å². The molecule has 0 bridgehead atoms. The van der Waals surface area contributed by atoms with Crippen LogP contribution in [0.1, 0.15) is 23.1 Å². The summed E-state index contributed by atoms with van der Waals surface area (Å²) in [4.78, 5) is 16.5. The van der Waals surface area contributed by atoms with Gasteiger partial charge in [-0.15, -0.1) is 0 Å². The molecule has 0 fully saturated rings. The number of nitrogens with one attached hydrogen (secondary N) is 2. The third-order valence-corrected chi connectivity index (χ3v) is 4.93. The van der Waals surface area contributed by atoms with Gasteiger partial charge in [-0.25, -0.2) is 9.78 Å². The maximum atomic E-state index is 12.0. The lowest BCUT2D eigenvalue weighted by Crippen LogP contribution is -2.29. The zero-order valence-corrected chi connectivity index (χ0v) is 14.7. The molecule has 24 heavy (non-hydrogen) atoms. The van der Waals surface area contributed by atoms with Crippen LogP contribution in [0.5, 0.6) is 0 Å². The van der Waals surface area contributed by atoms with E-state index in [1.807, 2.05) is 24.3 Å². The zero-order valence-electron chi connectivity index (χ0n) is 13.9. The van der Waals surface area contributed by atoms with Gasteiger partial charge in [-0.3, -0.25) is 5.32 Å². The van der Waals surface area contributed by atoms with Gasteiger partial charge >= 0.3 is 6.03 Å². The molecule has 0 aliphatic rings. The first kappa shape index (κ1) is 16.5. The first-order chi connectivity index (χ1) is 11.6. The number of amides is 2. The lowest BCUT2D eigenvalue weighted by Gasteiger charge is -2.05. The molecule has 1 heterocycles. The summed E-state index contributed by atoms with van der Waals surface area (Å²) in [6, 6.07) is 14.3. The van der Waals surface area contributed by atoms with Crippen LogP contribution in [-0.4, -0.2) is 17.6 Å². The fourth-order valence-corrected chi connectivity index (χ4v) is 3.62. The van der Waals surface area contributed by atoms with E-state index in [0.717, 1.165) is 23.1 Å². The van der Waals surface area contributed by atoms with Crippen LogP contribution in [0.25, 0.3) is 10.2 Å². The van der Waals surface area contributed by atoms with Crippen LogP contribution < -0.4 is 10.6 Å². The van der Waals surface area contributed by atoms with Crippen molar-refractivity contribution in [2.45, 2.75) is 26.7 Å². The van der Waals surface area contributed by atoms with E-state index in [1.165, 1.54) is 28.0 Å². The van der Waals surface area contributed by atoms with Crippen LogP contribution >= 0.6 is 11.3 Å². The Morgan fingerprint density at radius 1 is 1.17 bits per heavy atom. The molecule has 2 amide bonds. The molecule has 3 rings (SSSR count). The summed E-state index contributed by atoms with van der Waals surface area (Å²) in [5.41, 5.74) is 4.61. The summed E-state index contributed by atoms with van der Waals surface area (Å²) in [6.45, 7) is 4.77. The third-order valence-electron chi connectivity index (χ3n) is 3.81. The first-order valence-electron chi connectivity index (χ1n) is 8.08. The van der Waals surface area contributed by atoms with Crippen molar-refractivity contribution in [3.05, 3.63) is 59.2 Å². The Labute approximate surface area is 145 Å². The maximum Gasteiger partial charge on any atom is 0.321 e. The molecule has 5 heteroatoms. The smallest absolute Gasteiger partial charge is 0.321 e. The van der Waals surface area contributed by atoms with E-state index < -0.39 is 0 Å². The van der Waals surface area contributed by atoms with Gasteiger partial charge in [0.1, 0.15) is 0 Å². The summed E-state index contributed by atoms with van der Waals surface area (Å²) >= 11 is 1.51. The van der Waals surface area contributed by atoms with Crippen molar-refractivity contribution in [1.29, 1.82) is 0 Å². The molecule has 0 saturated carbocycles. The van der Waals surface area contributed by atoms with Gasteiger partial charge in [0, 0.05) is 6.54 Å². The van der Waals surface area contributed by atoms with Crippen LogP contribution in [-0.2, 0) is 6.42 Å². The molecule has 0 unspecified atom stereocenters. The number of rotatable bonds is 5. The van der Waals surface area contributed by atoms with Crippen LogP contribution in [0.4, 0.5) is 9.93 Å². The number of hydrogen-bond donors (Lipinski definition) is 2. The highest BCUT2D eigenvalue weighted by Gasteiger charge is 2.09. The summed E-state index contributed by atoms with van der Waals surface area (Å²) < 4.78 is 1.12. The maximum absolute atomic E-state index is 12.0. The second kappa shape index (κ2) is 7.45. The molecule has 0 aliphatic carbocycles. The van der Waals surface area contributed by atoms with Gasteiger partial charge in [0.05, 0.1) is 10.2 Å². The molecule has 0 atom stereocenters. The summed E-state index contributed by atoms with van der Waals surface area (Å²) in [6.07, 6.45) is 1.87. The fourth-order valence-electron chi connectivity index (χ4n) is 2.71. The van der Waals surface area contributed by atoms with Crippen LogP contribution in [0, 0.1) is 13.8 Å². The number of nitrogens with zero attached hydrogens (tertiary/aromatic N) is 1. The molecule has 3 aromatic rings. The van der Waals surface area contributed by atoms with E-state index in [4.69, 9.17) is 0 Å². The standard InChI is InChI=1S/C19H21N3OS/c1-13-11-14(2)17-16(12-13)21-19(24-17)22-18(23)20-10-6-9-15-7-4-3-5-8-15/h3-5,7-8,11-12H,6,9-10H2,1-2H3,(H2,20,21,22,23). The molecule has 2 aromatic carbocycles. The number of benzene rings is 2. The van der Waals surface area contributed by atoms with Gasteiger partial charge in [0.15, 0.2) is 5.13 Å². The number of aromatic nitrogens is 1. The largest absolute Gasteiger partial charge is 0.338 e. The predicted octanol–water partition coefficient (Wildman–Crippen LogP) is 4.67. The molecular formula is C19H21N3OS. The van der Waals surface area contributed by atoms with Gasteiger partial charge in [0.25, 0.3) is 0 Å². The van der Waals surface area contributed by atoms with Crippen molar-refractivity contribution >= 4 is 32.7 Å². The number of urea groups is 1. The molecule has 4 nitrogen and oxygen atoms in total. The molecular weight excluding hydrogens is 318 g/mol. The second-order valence-electron chi connectivity index (χ2n) is 5.92. The number of carbonyl (C=O) groups is 1. The van der Waals surface area contributed by atoms with Crippen molar-refractivity contribution in [3.8, 4) is 0 Å². The lowest BCUT2D eigenvalue weighted by atomic mass is 10.1. The first-order valence-corrected chi connectivity index (χ1v) is 8.90. The van der Waals surface area contributed by atoms with Gasteiger partial charge < -0.3 is 5.32 Å². The third kappa shape index (κ3) is 4.11. The van der Waals surface area contributed by atoms with Crippen molar-refractivity contribution in [3.63, 3.8) is 0 Å². The average molecular weight is 339 g/mol. The number of anilines is 1. The minimum absolute atomic E-state index is 0.198. The van der Waals surface area contributed by atoms with E-state index in [1.54, 1.807) is 0 Å². The Balaban J connectivity index is 1.51. The fraction of sp³-hybridized carbons (Fsp3) is 0.263. The van der Waals surface area contributed by atoms with E-state index in [2.05, 4.69) is 47.7 Å². The summed E-state index contributed by atoms with van der Waals surface area (Å²) in [7, 11) is 0. The van der Waals surface area contributed by atoms with E-state index in [-0.39, 0.29) is 6.03 Å². The molecule has 2 N–H and O–H groups in total. The molecule has 124 valence electrons. The normalized spacial score (nSPS) is 10.8. The van der Waals surface area contributed by atoms with Gasteiger partial charge in [0.2, 0.25) is 0 Å². The van der Waals surface area contributed by atoms with Crippen molar-refractivity contribution < 1.29 is 4.79 Å². The molecule has 0 spiro atoms. The Morgan fingerprint density at radius 3 is 2.75 bits per heavy atom. The SMILES string of the molecule is Cc1cc(C)c2sc(NC(=O)NCCCc3ccccc3)nc2c1. The van der Waals surface area contributed by atoms with E-state index in [9.17, 15) is 4.79 Å². The van der Waals surface area contributed by atoms with Gasteiger partial charge in [-0.05, 0) is 49.4 Å². The predicted molar refractivity (Wildman–Crippen MR) is 101 cm³/mol. The quantitative estimate of drug-likeness (QED) is 0.664. The minimum Gasteiger partial charge on any atom is -0.338 e. The zero-order chi connectivity index (χ0) is 16.9. The van der Waals surface area contributed by atoms with Crippen molar-refractivity contribution in [1.82, 2.24) is 10.3 Å². The van der Waals surface area contributed by atoms with Gasteiger partial charge in [-0.2, -0.15) is 0 Å². The Morgan fingerprint density at radius 2 is 1.96 bits per heavy atom. The topological polar surface area (TPSA) is 54.0 Å². The van der Waals surface area contributed by atoms with Crippen molar-refractivity contribution in [2.24, 2.45) is 0 Å². The number of aryl methyl sites for hydroxylation is 3. The van der Waals surface area contributed by atoms with E-state index >= 15 is 0 Å². The molecule has 0 aliphatic heterocycles. The number of fused-ring (bicyclic) bond motifs is 1. The highest BCUT2D eigenvalue weighted by atomic mass is 32.1. The number of hydrogen-bond acceptors (Lipinski definition) is 3. The minimum atomic E-state index is -0.198. The van der Waals surface area contributed by atoms with Crippen LogP contribution in [0.15, 0.2) is 42.5 Å². The Hall–Kier alpha value is -2.40. The highest BCUT2D eigenvalue weighted by Crippen LogP contribution is 2.29. The highest BCUT2D eigenvalue weighted by molar-refractivity contribution is 7.22. The lowest BCUT2D eigenvalue weighted by molar-refractivity contribution is 0.252.